The van der Waals surface area contributed by atoms with Crippen molar-refractivity contribution in [3.63, 3.8) is 0 Å². The third-order valence-corrected chi connectivity index (χ3v) is 6.39. The summed E-state index contributed by atoms with van der Waals surface area (Å²) in [6, 6.07) is 12.2. The SMILES string of the molecule is Cc1ccc(-n2c(SCCCc3nc(-c4ccncc4)no3)nnc2N2CCOCC2)cc1. The van der Waals surface area contributed by atoms with Gasteiger partial charge in [-0.3, -0.25) is 9.55 Å². The van der Waals surface area contributed by atoms with Crippen LogP contribution < -0.4 is 4.90 Å². The maximum absolute atomic E-state index is 5.51. The van der Waals surface area contributed by atoms with Crippen molar-refractivity contribution >= 4 is 17.7 Å². The first-order valence-corrected chi connectivity index (χ1v) is 12.0. The van der Waals surface area contributed by atoms with Crippen LogP contribution in [-0.2, 0) is 11.2 Å². The molecule has 10 heteroatoms. The zero-order valence-corrected chi connectivity index (χ0v) is 19.2. The molecule has 0 atom stereocenters. The lowest BCUT2D eigenvalue weighted by Crippen LogP contribution is -2.37. The van der Waals surface area contributed by atoms with Crippen molar-refractivity contribution in [1.82, 2.24) is 29.9 Å². The van der Waals surface area contributed by atoms with Gasteiger partial charge in [0.1, 0.15) is 0 Å². The van der Waals surface area contributed by atoms with E-state index in [2.05, 4.69) is 66.0 Å². The second kappa shape index (κ2) is 10.1. The Balaban J connectivity index is 1.26. The molecule has 0 amide bonds. The van der Waals surface area contributed by atoms with Gasteiger partial charge in [-0.15, -0.1) is 10.2 Å². The van der Waals surface area contributed by atoms with Crippen LogP contribution in [0, 0.1) is 6.92 Å². The van der Waals surface area contributed by atoms with Gasteiger partial charge in [0.15, 0.2) is 5.16 Å². The molecule has 9 nitrogen and oxygen atoms in total. The topological polar surface area (TPSA) is 95.0 Å². The molecule has 0 unspecified atom stereocenters. The van der Waals surface area contributed by atoms with Gasteiger partial charge in [-0.25, -0.2) is 0 Å². The maximum Gasteiger partial charge on any atom is 0.232 e. The van der Waals surface area contributed by atoms with E-state index >= 15 is 0 Å². The van der Waals surface area contributed by atoms with E-state index in [1.54, 1.807) is 24.2 Å². The molecule has 33 heavy (non-hydrogen) atoms. The molecule has 0 N–H and O–H groups in total. The number of anilines is 1. The minimum atomic E-state index is 0.592. The first-order valence-electron chi connectivity index (χ1n) is 11.0. The fourth-order valence-electron chi connectivity index (χ4n) is 3.61. The molecule has 1 aliphatic rings. The minimum Gasteiger partial charge on any atom is -0.378 e. The molecule has 1 fully saturated rings. The number of benzene rings is 1. The van der Waals surface area contributed by atoms with Crippen molar-refractivity contribution in [1.29, 1.82) is 0 Å². The predicted molar refractivity (Wildman–Crippen MR) is 126 cm³/mol. The van der Waals surface area contributed by atoms with Crippen LogP contribution in [0.15, 0.2) is 58.5 Å². The Kier molecular flexibility index (Phi) is 6.63. The van der Waals surface area contributed by atoms with Crippen molar-refractivity contribution in [3.8, 4) is 17.1 Å². The Bertz CT molecular complexity index is 1170. The Hall–Kier alpha value is -3.24. The molecule has 0 saturated carbocycles. The summed E-state index contributed by atoms with van der Waals surface area (Å²) in [7, 11) is 0. The van der Waals surface area contributed by atoms with Crippen LogP contribution >= 0.6 is 11.8 Å². The zero-order chi connectivity index (χ0) is 22.5. The summed E-state index contributed by atoms with van der Waals surface area (Å²) in [5.74, 6) is 2.95. The number of aryl methyl sites for hydroxylation is 2. The van der Waals surface area contributed by atoms with Gasteiger partial charge in [-0.05, 0) is 37.6 Å². The third kappa shape index (κ3) is 5.07. The molecule has 0 bridgehead atoms. The van der Waals surface area contributed by atoms with E-state index in [0.717, 1.165) is 47.6 Å². The van der Waals surface area contributed by atoms with Crippen molar-refractivity contribution in [2.24, 2.45) is 0 Å². The lowest BCUT2D eigenvalue weighted by atomic mass is 10.2. The highest BCUT2D eigenvalue weighted by Gasteiger charge is 2.21. The minimum absolute atomic E-state index is 0.592. The first kappa shape index (κ1) is 21.6. The molecule has 5 rings (SSSR count). The van der Waals surface area contributed by atoms with Gasteiger partial charge in [0.2, 0.25) is 17.7 Å². The van der Waals surface area contributed by atoms with E-state index in [4.69, 9.17) is 9.26 Å². The molecule has 0 aliphatic carbocycles. The normalized spacial score (nSPS) is 14.0. The fraction of sp³-hybridized carbons (Fsp3) is 0.348. The first-order chi connectivity index (χ1) is 16.3. The molecule has 0 radical (unpaired) electrons. The van der Waals surface area contributed by atoms with Gasteiger partial charge in [0.25, 0.3) is 0 Å². The molecular formula is C23H25N7O2S. The molecule has 4 aromatic rings. The fourth-order valence-corrected chi connectivity index (χ4v) is 4.49. The highest BCUT2D eigenvalue weighted by molar-refractivity contribution is 7.99. The summed E-state index contributed by atoms with van der Waals surface area (Å²) in [4.78, 5) is 10.8. The standard InChI is InChI=1S/C23H25N7O2S/c1-17-4-6-19(7-5-17)30-22(29-12-14-31-15-13-29)26-27-23(30)33-16-2-3-20-25-21(28-32-20)18-8-10-24-11-9-18/h4-11H,2-3,12-16H2,1H3. The number of aromatic nitrogens is 6. The molecule has 1 saturated heterocycles. The number of thioether (sulfide) groups is 1. The lowest BCUT2D eigenvalue weighted by molar-refractivity contribution is 0.122. The van der Waals surface area contributed by atoms with E-state index in [9.17, 15) is 0 Å². The van der Waals surface area contributed by atoms with Crippen LogP contribution in [0.25, 0.3) is 17.1 Å². The molecule has 4 heterocycles. The number of hydrogen-bond donors (Lipinski definition) is 0. The summed E-state index contributed by atoms with van der Waals surface area (Å²) < 4.78 is 13.1. The number of nitrogens with zero attached hydrogens (tertiary/aromatic N) is 7. The summed E-state index contributed by atoms with van der Waals surface area (Å²) in [5, 5.41) is 14.0. The highest BCUT2D eigenvalue weighted by Crippen LogP contribution is 2.28. The summed E-state index contributed by atoms with van der Waals surface area (Å²) in [6.07, 6.45) is 5.03. The van der Waals surface area contributed by atoms with Crippen LogP contribution in [0.2, 0.25) is 0 Å². The van der Waals surface area contributed by atoms with Crippen LogP contribution in [0.1, 0.15) is 17.9 Å². The van der Waals surface area contributed by atoms with Crippen molar-refractivity contribution in [3.05, 3.63) is 60.2 Å². The Morgan fingerprint density at radius 1 is 1.00 bits per heavy atom. The summed E-state index contributed by atoms with van der Waals surface area (Å²) in [5.41, 5.74) is 3.18. The van der Waals surface area contributed by atoms with Crippen LogP contribution in [0.5, 0.6) is 0 Å². The summed E-state index contributed by atoms with van der Waals surface area (Å²) >= 11 is 1.69. The molecule has 1 aliphatic heterocycles. The average Bonchev–Trinajstić information content (AvgIpc) is 3.51. The lowest BCUT2D eigenvalue weighted by Gasteiger charge is -2.28. The van der Waals surface area contributed by atoms with Crippen molar-refractivity contribution in [2.75, 3.05) is 37.0 Å². The number of hydrogen-bond acceptors (Lipinski definition) is 9. The zero-order valence-electron chi connectivity index (χ0n) is 18.4. The predicted octanol–water partition coefficient (Wildman–Crippen LogP) is 3.58. The third-order valence-electron chi connectivity index (χ3n) is 5.38. The quantitative estimate of drug-likeness (QED) is 0.287. The molecule has 170 valence electrons. The molecular weight excluding hydrogens is 438 g/mol. The monoisotopic (exact) mass is 463 g/mol. The van der Waals surface area contributed by atoms with Gasteiger partial charge in [-0.2, -0.15) is 4.98 Å². The van der Waals surface area contributed by atoms with Crippen LogP contribution in [0.3, 0.4) is 0 Å². The Morgan fingerprint density at radius 2 is 1.79 bits per heavy atom. The van der Waals surface area contributed by atoms with Crippen LogP contribution in [-0.4, -0.2) is 61.9 Å². The summed E-state index contributed by atoms with van der Waals surface area (Å²) in [6.45, 7) is 5.12. The van der Waals surface area contributed by atoms with E-state index in [1.807, 2.05) is 12.1 Å². The second-order valence-corrected chi connectivity index (χ2v) is 8.81. The Labute approximate surface area is 196 Å². The highest BCUT2D eigenvalue weighted by atomic mass is 32.2. The smallest absolute Gasteiger partial charge is 0.232 e. The number of rotatable bonds is 8. The van der Waals surface area contributed by atoms with Gasteiger partial charge in [-0.1, -0.05) is 34.6 Å². The van der Waals surface area contributed by atoms with Gasteiger partial charge in [0, 0.05) is 43.2 Å². The molecule has 1 aromatic carbocycles. The van der Waals surface area contributed by atoms with Crippen molar-refractivity contribution in [2.45, 2.75) is 24.9 Å². The van der Waals surface area contributed by atoms with Crippen LogP contribution in [0.4, 0.5) is 5.95 Å². The largest absolute Gasteiger partial charge is 0.378 e. The maximum atomic E-state index is 5.51. The number of morpholine rings is 1. The van der Waals surface area contributed by atoms with Crippen molar-refractivity contribution < 1.29 is 9.26 Å². The van der Waals surface area contributed by atoms with E-state index < -0.39 is 0 Å². The number of pyridine rings is 1. The van der Waals surface area contributed by atoms with E-state index in [-0.39, 0.29) is 0 Å². The van der Waals surface area contributed by atoms with E-state index in [1.165, 1.54) is 5.56 Å². The number of ether oxygens (including phenoxy) is 1. The Morgan fingerprint density at radius 3 is 2.58 bits per heavy atom. The van der Waals surface area contributed by atoms with Gasteiger partial charge >= 0.3 is 0 Å². The average molecular weight is 464 g/mol. The van der Waals surface area contributed by atoms with Gasteiger partial charge < -0.3 is 14.2 Å². The second-order valence-electron chi connectivity index (χ2n) is 7.75. The molecule has 0 spiro atoms. The molecule has 3 aromatic heterocycles. The van der Waals surface area contributed by atoms with Gasteiger partial charge in [0.05, 0.1) is 18.9 Å². The van der Waals surface area contributed by atoms with E-state index in [0.29, 0.717) is 31.3 Å².